The van der Waals surface area contributed by atoms with Crippen LogP contribution in [0.2, 0.25) is 0 Å². The van der Waals surface area contributed by atoms with Gasteiger partial charge in [0.05, 0.1) is 6.54 Å². The minimum Gasteiger partial charge on any atom is -0.303 e. The van der Waals surface area contributed by atoms with Crippen LogP contribution in [0.1, 0.15) is 19.8 Å². The lowest BCUT2D eigenvalue weighted by Crippen LogP contribution is -2.36. The molecule has 14 heavy (non-hydrogen) atoms. The van der Waals surface area contributed by atoms with E-state index in [2.05, 4.69) is 23.4 Å². The molecule has 0 aromatic heterocycles. The fraction of sp³-hybridized carbons (Fsp3) is 0.727. The fourth-order valence-electron chi connectivity index (χ4n) is 1.94. The van der Waals surface area contributed by atoms with Crippen molar-refractivity contribution in [2.75, 3.05) is 26.2 Å². The van der Waals surface area contributed by atoms with Crippen molar-refractivity contribution in [1.82, 2.24) is 4.90 Å². The van der Waals surface area contributed by atoms with Gasteiger partial charge in [-0.3, -0.25) is 0 Å². The molecule has 0 aromatic rings. The molecule has 0 amide bonds. The number of hydrogen-bond donors (Lipinski definition) is 0. The zero-order valence-electron chi connectivity index (χ0n) is 8.83. The highest BCUT2D eigenvalue weighted by atomic mass is 16.1. The van der Waals surface area contributed by atoms with E-state index >= 15 is 0 Å². The van der Waals surface area contributed by atoms with Crippen LogP contribution in [0.15, 0.2) is 17.1 Å². The summed E-state index contributed by atoms with van der Waals surface area (Å²) >= 11 is 0. The first-order chi connectivity index (χ1) is 6.77. The zero-order valence-corrected chi connectivity index (χ0v) is 8.83. The molecule has 1 heterocycles. The predicted molar refractivity (Wildman–Crippen MR) is 57.0 cm³/mol. The van der Waals surface area contributed by atoms with E-state index in [4.69, 9.17) is 0 Å². The molecule has 3 nitrogen and oxygen atoms in total. The van der Waals surface area contributed by atoms with Gasteiger partial charge in [-0.1, -0.05) is 19.1 Å². The third kappa shape index (κ3) is 3.09. The van der Waals surface area contributed by atoms with Gasteiger partial charge in [0.1, 0.15) is 0 Å². The van der Waals surface area contributed by atoms with E-state index in [-0.39, 0.29) is 0 Å². The van der Waals surface area contributed by atoms with Gasteiger partial charge >= 0.3 is 0 Å². The number of rotatable bonds is 4. The van der Waals surface area contributed by atoms with E-state index in [9.17, 15) is 4.79 Å². The van der Waals surface area contributed by atoms with E-state index in [0.29, 0.717) is 12.5 Å². The molecule has 0 aromatic carbocycles. The van der Waals surface area contributed by atoms with Crippen LogP contribution >= 0.6 is 0 Å². The summed E-state index contributed by atoms with van der Waals surface area (Å²) in [6.07, 6.45) is 3.97. The van der Waals surface area contributed by atoms with Gasteiger partial charge in [-0.25, -0.2) is 9.79 Å². The van der Waals surface area contributed by atoms with E-state index < -0.39 is 0 Å². The topological polar surface area (TPSA) is 32.7 Å². The lowest BCUT2D eigenvalue weighted by atomic mass is 9.91. The van der Waals surface area contributed by atoms with Gasteiger partial charge in [0.25, 0.3) is 0 Å². The highest BCUT2D eigenvalue weighted by molar-refractivity contribution is 5.33. The number of nitrogens with zero attached hydrogens (tertiary/aromatic N) is 2. The SMILES string of the molecule is C=C(CN=C=O)C1CCCN(CC)C1. The van der Waals surface area contributed by atoms with Crippen molar-refractivity contribution in [3.8, 4) is 0 Å². The summed E-state index contributed by atoms with van der Waals surface area (Å²) in [6, 6.07) is 0. The molecule has 0 N–H and O–H groups in total. The third-order valence-electron chi connectivity index (χ3n) is 2.88. The first-order valence-corrected chi connectivity index (χ1v) is 5.21. The minimum atomic E-state index is 0.450. The summed E-state index contributed by atoms with van der Waals surface area (Å²) in [5.74, 6) is 0.515. The highest BCUT2D eigenvalue weighted by Gasteiger charge is 2.20. The van der Waals surface area contributed by atoms with E-state index in [1.54, 1.807) is 6.08 Å². The Hall–Kier alpha value is -0.920. The Morgan fingerprint density at radius 3 is 3.14 bits per heavy atom. The quantitative estimate of drug-likeness (QED) is 0.387. The van der Waals surface area contributed by atoms with Gasteiger partial charge in [0.15, 0.2) is 0 Å². The lowest BCUT2D eigenvalue weighted by molar-refractivity contribution is 0.200. The summed E-state index contributed by atoms with van der Waals surface area (Å²) in [7, 11) is 0. The molecule has 78 valence electrons. The number of carbonyl (C=O) groups excluding carboxylic acids is 1. The van der Waals surface area contributed by atoms with Gasteiger partial charge in [-0.15, -0.1) is 0 Å². The molecule has 0 aliphatic carbocycles. The van der Waals surface area contributed by atoms with Crippen LogP contribution in [0, 0.1) is 5.92 Å². The monoisotopic (exact) mass is 194 g/mol. The molecule has 0 radical (unpaired) electrons. The summed E-state index contributed by atoms with van der Waals surface area (Å²) < 4.78 is 0. The standard InChI is InChI=1S/C11H18N2O/c1-3-13-6-4-5-11(8-13)10(2)7-12-9-14/h11H,2-8H2,1H3. The Balaban J connectivity index is 2.42. The van der Waals surface area contributed by atoms with Crippen LogP contribution in [0.5, 0.6) is 0 Å². The number of isocyanates is 1. The average Bonchev–Trinajstić information content (AvgIpc) is 2.26. The van der Waals surface area contributed by atoms with Crippen LogP contribution in [-0.4, -0.2) is 37.2 Å². The van der Waals surface area contributed by atoms with Gasteiger partial charge < -0.3 is 4.90 Å². The predicted octanol–water partition coefficient (Wildman–Crippen LogP) is 1.61. The molecular weight excluding hydrogens is 176 g/mol. The van der Waals surface area contributed by atoms with Crippen LogP contribution in [0.4, 0.5) is 0 Å². The van der Waals surface area contributed by atoms with Crippen molar-refractivity contribution in [2.45, 2.75) is 19.8 Å². The van der Waals surface area contributed by atoms with Crippen LogP contribution < -0.4 is 0 Å². The average molecular weight is 194 g/mol. The Kier molecular flexibility index (Phi) is 4.57. The van der Waals surface area contributed by atoms with Crippen LogP contribution in [0.25, 0.3) is 0 Å². The maximum absolute atomic E-state index is 9.97. The fourth-order valence-corrected chi connectivity index (χ4v) is 1.94. The van der Waals surface area contributed by atoms with Crippen LogP contribution in [0.3, 0.4) is 0 Å². The van der Waals surface area contributed by atoms with Gasteiger partial charge in [0, 0.05) is 6.54 Å². The van der Waals surface area contributed by atoms with Crippen molar-refractivity contribution < 1.29 is 4.79 Å². The molecule has 0 saturated carbocycles. The van der Waals surface area contributed by atoms with Crippen molar-refractivity contribution in [1.29, 1.82) is 0 Å². The Morgan fingerprint density at radius 2 is 2.50 bits per heavy atom. The summed E-state index contributed by atoms with van der Waals surface area (Å²) in [5, 5.41) is 0. The molecule has 1 atom stereocenters. The van der Waals surface area contributed by atoms with Gasteiger partial charge in [-0.05, 0) is 31.8 Å². The second-order valence-electron chi connectivity index (χ2n) is 3.80. The zero-order chi connectivity index (χ0) is 10.4. The molecule has 1 unspecified atom stereocenters. The smallest absolute Gasteiger partial charge is 0.235 e. The second-order valence-corrected chi connectivity index (χ2v) is 3.80. The first-order valence-electron chi connectivity index (χ1n) is 5.21. The minimum absolute atomic E-state index is 0.450. The molecule has 1 aliphatic rings. The number of aliphatic imine (C=N–C) groups is 1. The maximum atomic E-state index is 9.97. The molecule has 1 saturated heterocycles. The number of hydrogen-bond acceptors (Lipinski definition) is 3. The highest BCUT2D eigenvalue weighted by Crippen LogP contribution is 2.22. The molecular formula is C11H18N2O. The molecule has 0 bridgehead atoms. The number of piperidine rings is 1. The van der Waals surface area contributed by atoms with Gasteiger partial charge in [-0.2, -0.15) is 0 Å². The number of likely N-dealkylation sites (tertiary alicyclic amines) is 1. The lowest BCUT2D eigenvalue weighted by Gasteiger charge is -2.32. The Bertz CT molecular complexity index is 244. The molecule has 1 rings (SSSR count). The normalized spacial score (nSPS) is 22.8. The summed E-state index contributed by atoms with van der Waals surface area (Å²) in [4.78, 5) is 16.0. The summed E-state index contributed by atoms with van der Waals surface area (Å²) in [5.41, 5.74) is 1.08. The maximum Gasteiger partial charge on any atom is 0.235 e. The van der Waals surface area contributed by atoms with Crippen molar-refractivity contribution in [2.24, 2.45) is 10.9 Å². The Morgan fingerprint density at radius 1 is 1.71 bits per heavy atom. The second kappa shape index (κ2) is 5.74. The largest absolute Gasteiger partial charge is 0.303 e. The molecule has 0 spiro atoms. The van der Waals surface area contributed by atoms with E-state index in [1.807, 2.05) is 0 Å². The first kappa shape index (κ1) is 11.2. The third-order valence-corrected chi connectivity index (χ3v) is 2.88. The van der Waals surface area contributed by atoms with Crippen LogP contribution in [-0.2, 0) is 4.79 Å². The van der Waals surface area contributed by atoms with E-state index in [1.165, 1.54) is 19.4 Å². The molecule has 1 aliphatic heterocycles. The molecule has 1 fully saturated rings. The Labute approximate surface area is 85.5 Å². The summed E-state index contributed by atoms with van der Waals surface area (Å²) in [6.45, 7) is 9.97. The van der Waals surface area contributed by atoms with E-state index in [0.717, 1.165) is 18.7 Å². The van der Waals surface area contributed by atoms with Crippen molar-refractivity contribution in [3.05, 3.63) is 12.2 Å². The van der Waals surface area contributed by atoms with Gasteiger partial charge in [0.2, 0.25) is 6.08 Å². The van der Waals surface area contributed by atoms with Crippen molar-refractivity contribution in [3.63, 3.8) is 0 Å². The van der Waals surface area contributed by atoms with Crippen molar-refractivity contribution >= 4 is 6.08 Å². The molecule has 3 heteroatoms.